The van der Waals surface area contributed by atoms with E-state index >= 15 is 0 Å². The van der Waals surface area contributed by atoms with Gasteiger partial charge in [-0.2, -0.15) is 0 Å². The van der Waals surface area contributed by atoms with Gasteiger partial charge in [-0.15, -0.1) is 12.3 Å². The van der Waals surface area contributed by atoms with Gasteiger partial charge in [-0.1, -0.05) is 13.8 Å². The fourth-order valence-electron chi connectivity index (χ4n) is 2.49. The first-order chi connectivity index (χ1) is 18.9. The summed E-state index contributed by atoms with van der Waals surface area (Å²) < 4.78 is 31.6. The van der Waals surface area contributed by atoms with E-state index in [9.17, 15) is 19.2 Å². The van der Waals surface area contributed by atoms with Gasteiger partial charge in [0, 0.05) is 38.4 Å². The zero-order valence-electron chi connectivity index (χ0n) is 23.3. The van der Waals surface area contributed by atoms with E-state index in [-0.39, 0.29) is 69.1 Å². The normalized spacial score (nSPS) is 10.7. The molecule has 0 spiro atoms. The molecule has 0 atom stereocenters. The molecule has 0 aliphatic heterocycles. The van der Waals surface area contributed by atoms with Gasteiger partial charge in [0.15, 0.2) is 5.78 Å². The average Bonchev–Trinajstić information content (AvgIpc) is 2.91. The Morgan fingerprint density at radius 1 is 0.590 bits per heavy atom. The second-order valence-corrected chi connectivity index (χ2v) is 8.37. The number of carbonyl (C=O) groups is 4. The Morgan fingerprint density at radius 3 is 1.38 bits per heavy atom. The number of terminal acetylenes is 1. The molecule has 0 aliphatic carbocycles. The molecule has 0 saturated carbocycles. The average molecular weight is 560 g/mol. The SMILES string of the molecule is C#CCCC(=O)NCCOCCOCC(=O)NCCOCCOCC(=O)NCCOCCOCC(=O)C(C)C. The van der Waals surface area contributed by atoms with E-state index in [1.54, 1.807) is 0 Å². The maximum Gasteiger partial charge on any atom is 0.246 e. The van der Waals surface area contributed by atoms with Crippen LogP contribution in [0.3, 0.4) is 0 Å². The molecule has 0 aliphatic rings. The number of amides is 3. The summed E-state index contributed by atoms with van der Waals surface area (Å²) in [5, 5.41) is 8.00. The van der Waals surface area contributed by atoms with Crippen LogP contribution < -0.4 is 16.0 Å². The third-order valence-corrected chi connectivity index (χ3v) is 4.67. The molecule has 0 aromatic rings. The molecular formula is C26H45N3O10. The van der Waals surface area contributed by atoms with Gasteiger partial charge in [-0.05, 0) is 0 Å². The van der Waals surface area contributed by atoms with Crippen molar-refractivity contribution in [2.75, 3.05) is 98.9 Å². The van der Waals surface area contributed by atoms with Crippen molar-refractivity contribution < 1.29 is 47.6 Å². The molecule has 0 bridgehead atoms. The van der Waals surface area contributed by atoms with Crippen LogP contribution >= 0.6 is 0 Å². The van der Waals surface area contributed by atoms with E-state index in [4.69, 9.17) is 34.8 Å². The van der Waals surface area contributed by atoms with Crippen molar-refractivity contribution in [3.63, 3.8) is 0 Å². The van der Waals surface area contributed by atoms with Gasteiger partial charge >= 0.3 is 0 Å². The quantitative estimate of drug-likeness (QED) is 0.0848. The molecule has 0 saturated heterocycles. The van der Waals surface area contributed by atoms with E-state index < -0.39 is 0 Å². The van der Waals surface area contributed by atoms with Gasteiger partial charge in [-0.25, -0.2) is 0 Å². The summed E-state index contributed by atoms with van der Waals surface area (Å²) in [4.78, 5) is 46.1. The topological polar surface area (TPSA) is 160 Å². The number of rotatable bonds is 27. The molecule has 0 aromatic heterocycles. The summed E-state index contributed by atoms with van der Waals surface area (Å²) in [5.41, 5.74) is 0. The highest BCUT2D eigenvalue weighted by atomic mass is 16.5. The molecule has 0 rings (SSSR count). The molecule has 3 amide bonds. The van der Waals surface area contributed by atoms with Crippen LogP contribution in [0.4, 0.5) is 0 Å². The summed E-state index contributed by atoms with van der Waals surface area (Å²) >= 11 is 0. The predicted molar refractivity (Wildman–Crippen MR) is 142 cm³/mol. The summed E-state index contributed by atoms with van der Waals surface area (Å²) in [6.07, 6.45) is 5.80. The van der Waals surface area contributed by atoms with Crippen LogP contribution in [0.1, 0.15) is 26.7 Å². The number of carbonyl (C=O) groups excluding carboxylic acids is 4. The van der Waals surface area contributed by atoms with Crippen LogP contribution in [-0.2, 0) is 47.6 Å². The Morgan fingerprint density at radius 2 is 0.974 bits per heavy atom. The van der Waals surface area contributed by atoms with Crippen molar-refractivity contribution in [1.82, 2.24) is 16.0 Å². The zero-order valence-corrected chi connectivity index (χ0v) is 23.3. The second kappa shape index (κ2) is 27.0. The summed E-state index contributed by atoms with van der Waals surface area (Å²) in [6, 6.07) is 0. The third-order valence-electron chi connectivity index (χ3n) is 4.67. The Bertz CT molecular complexity index is 713. The molecule has 0 fully saturated rings. The minimum atomic E-state index is -0.273. The van der Waals surface area contributed by atoms with Crippen molar-refractivity contribution >= 4 is 23.5 Å². The van der Waals surface area contributed by atoms with Crippen molar-refractivity contribution in [3.05, 3.63) is 0 Å². The molecule has 3 N–H and O–H groups in total. The Hall–Kier alpha value is -2.60. The van der Waals surface area contributed by atoms with E-state index in [0.29, 0.717) is 72.1 Å². The molecular weight excluding hydrogens is 514 g/mol. The Balaban J connectivity index is 3.35. The van der Waals surface area contributed by atoms with E-state index in [2.05, 4.69) is 21.9 Å². The lowest BCUT2D eigenvalue weighted by atomic mass is 10.1. The van der Waals surface area contributed by atoms with Gasteiger partial charge in [0.25, 0.3) is 0 Å². The fraction of sp³-hybridized carbons (Fsp3) is 0.769. The number of hydrogen-bond acceptors (Lipinski definition) is 10. The minimum absolute atomic E-state index is 0.0444. The number of ether oxygens (including phenoxy) is 6. The maximum atomic E-state index is 11.7. The van der Waals surface area contributed by atoms with Crippen LogP contribution in [0.15, 0.2) is 0 Å². The van der Waals surface area contributed by atoms with E-state index in [0.717, 1.165) is 0 Å². The van der Waals surface area contributed by atoms with Crippen LogP contribution in [0.25, 0.3) is 0 Å². The van der Waals surface area contributed by atoms with E-state index in [1.165, 1.54) is 0 Å². The van der Waals surface area contributed by atoms with Crippen molar-refractivity contribution in [1.29, 1.82) is 0 Å². The second-order valence-electron chi connectivity index (χ2n) is 8.37. The van der Waals surface area contributed by atoms with Gasteiger partial charge in [0.05, 0.1) is 59.5 Å². The third kappa shape index (κ3) is 26.8. The number of hydrogen-bond donors (Lipinski definition) is 3. The molecule has 13 nitrogen and oxygen atoms in total. The molecule has 224 valence electrons. The molecule has 0 unspecified atom stereocenters. The summed E-state index contributed by atoms with van der Waals surface area (Å²) in [5.74, 6) is 1.75. The Labute approximate surface area is 231 Å². The lowest BCUT2D eigenvalue weighted by molar-refractivity contribution is -0.128. The lowest BCUT2D eigenvalue weighted by Gasteiger charge is -2.09. The molecule has 0 heterocycles. The molecule has 13 heteroatoms. The first-order valence-electron chi connectivity index (χ1n) is 13.1. The minimum Gasteiger partial charge on any atom is -0.377 e. The standard InChI is InChI=1S/C26H45N3O10/c1-4-5-6-24(31)27-7-10-34-14-17-38-20-26(33)29-9-12-36-15-18-39-21-25(32)28-8-11-35-13-16-37-19-23(30)22(2)3/h1,22H,5-21H2,2-3H3,(H,27,31)(H,28,32)(H,29,33). The molecule has 0 radical (unpaired) electrons. The predicted octanol–water partition coefficient (Wildman–Crippen LogP) is -0.927. The van der Waals surface area contributed by atoms with Crippen molar-refractivity contribution in [2.45, 2.75) is 26.7 Å². The van der Waals surface area contributed by atoms with Crippen LogP contribution in [0.2, 0.25) is 0 Å². The summed E-state index contributed by atoms with van der Waals surface area (Å²) in [7, 11) is 0. The summed E-state index contributed by atoms with van der Waals surface area (Å²) in [6.45, 7) is 7.30. The number of ketones is 1. The monoisotopic (exact) mass is 559 g/mol. The van der Waals surface area contributed by atoms with Gasteiger partial charge < -0.3 is 44.4 Å². The maximum absolute atomic E-state index is 11.7. The highest BCUT2D eigenvalue weighted by Gasteiger charge is 2.06. The lowest BCUT2D eigenvalue weighted by Crippen LogP contribution is -2.32. The number of Topliss-reactive ketones (excluding diaryl/α,β-unsaturated/α-hetero) is 1. The van der Waals surface area contributed by atoms with Crippen LogP contribution in [-0.4, -0.2) is 122 Å². The first kappa shape index (κ1) is 36.4. The first-order valence-corrected chi connectivity index (χ1v) is 13.1. The Kier molecular flexibility index (Phi) is 25.2. The zero-order chi connectivity index (χ0) is 29.0. The van der Waals surface area contributed by atoms with Gasteiger partial charge in [0.2, 0.25) is 17.7 Å². The molecule has 0 aromatic carbocycles. The largest absolute Gasteiger partial charge is 0.377 e. The number of nitrogens with one attached hydrogen (secondary N) is 3. The van der Waals surface area contributed by atoms with Crippen molar-refractivity contribution in [3.8, 4) is 12.3 Å². The smallest absolute Gasteiger partial charge is 0.246 e. The van der Waals surface area contributed by atoms with Gasteiger partial charge in [-0.3, -0.25) is 19.2 Å². The van der Waals surface area contributed by atoms with Gasteiger partial charge in [0.1, 0.15) is 19.8 Å². The fourth-order valence-corrected chi connectivity index (χ4v) is 2.49. The highest BCUT2D eigenvalue weighted by molar-refractivity contribution is 5.81. The van der Waals surface area contributed by atoms with Crippen LogP contribution in [0, 0.1) is 18.3 Å². The van der Waals surface area contributed by atoms with Crippen LogP contribution in [0.5, 0.6) is 0 Å². The highest BCUT2D eigenvalue weighted by Crippen LogP contribution is 1.94. The van der Waals surface area contributed by atoms with E-state index in [1.807, 2.05) is 13.8 Å². The molecule has 39 heavy (non-hydrogen) atoms. The van der Waals surface area contributed by atoms with Crippen molar-refractivity contribution in [2.24, 2.45) is 5.92 Å².